The van der Waals surface area contributed by atoms with Gasteiger partial charge in [0.2, 0.25) is 0 Å². The van der Waals surface area contributed by atoms with E-state index in [0.717, 1.165) is 52.6 Å². The lowest BCUT2D eigenvalue weighted by Crippen LogP contribution is -2.05. The third kappa shape index (κ3) is 5.01. The standard InChI is InChI=1S/C25H22ClN3/c26-22-10-8-20(9-11-22)23-12-13-24(29-25(23)21-14-17-27-18-15-21)28-16-4-7-19-5-2-1-3-6-19/h1-3,5-6,8-15,17-18H,4,7,16H2,(H,28,29). The molecule has 0 aliphatic rings. The van der Waals surface area contributed by atoms with Crippen molar-refractivity contribution >= 4 is 17.4 Å². The molecule has 0 aliphatic carbocycles. The van der Waals surface area contributed by atoms with E-state index in [1.165, 1.54) is 5.56 Å². The fourth-order valence-electron chi connectivity index (χ4n) is 3.30. The molecule has 144 valence electrons. The topological polar surface area (TPSA) is 37.8 Å². The molecule has 0 saturated carbocycles. The van der Waals surface area contributed by atoms with Crippen LogP contribution in [0, 0.1) is 0 Å². The number of pyridine rings is 2. The van der Waals surface area contributed by atoms with E-state index < -0.39 is 0 Å². The van der Waals surface area contributed by atoms with Crippen molar-refractivity contribution in [1.29, 1.82) is 0 Å². The predicted molar refractivity (Wildman–Crippen MR) is 121 cm³/mol. The summed E-state index contributed by atoms with van der Waals surface area (Å²) in [5, 5.41) is 4.19. The Labute approximate surface area is 176 Å². The zero-order chi connectivity index (χ0) is 19.9. The lowest BCUT2D eigenvalue weighted by molar-refractivity contribution is 0.859. The maximum absolute atomic E-state index is 6.06. The van der Waals surface area contributed by atoms with Crippen LogP contribution >= 0.6 is 11.6 Å². The first-order valence-corrected chi connectivity index (χ1v) is 10.1. The third-order valence-corrected chi connectivity index (χ3v) is 5.05. The quantitative estimate of drug-likeness (QED) is 0.360. The molecule has 0 amide bonds. The minimum absolute atomic E-state index is 0.726. The van der Waals surface area contributed by atoms with Gasteiger partial charge in [0, 0.05) is 35.1 Å². The Balaban J connectivity index is 1.54. The summed E-state index contributed by atoms with van der Waals surface area (Å²) in [5.74, 6) is 0.877. The Morgan fingerprint density at radius 1 is 0.759 bits per heavy atom. The number of benzene rings is 2. The minimum atomic E-state index is 0.726. The van der Waals surface area contributed by atoms with Crippen molar-refractivity contribution in [2.24, 2.45) is 0 Å². The first-order valence-electron chi connectivity index (χ1n) is 9.75. The number of nitrogens with zero attached hydrogens (tertiary/aromatic N) is 2. The van der Waals surface area contributed by atoms with Gasteiger partial charge in [-0.3, -0.25) is 4.98 Å². The molecule has 1 N–H and O–H groups in total. The van der Waals surface area contributed by atoms with E-state index in [9.17, 15) is 0 Å². The highest BCUT2D eigenvalue weighted by Gasteiger charge is 2.10. The number of aryl methyl sites for hydroxylation is 1. The summed E-state index contributed by atoms with van der Waals surface area (Å²) in [6.45, 7) is 0.873. The number of hydrogen-bond acceptors (Lipinski definition) is 3. The highest BCUT2D eigenvalue weighted by Crippen LogP contribution is 2.32. The molecular weight excluding hydrogens is 378 g/mol. The van der Waals surface area contributed by atoms with Crippen molar-refractivity contribution < 1.29 is 0 Å². The van der Waals surface area contributed by atoms with Crippen molar-refractivity contribution in [3.8, 4) is 22.4 Å². The van der Waals surface area contributed by atoms with E-state index >= 15 is 0 Å². The van der Waals surface area contributed by atoms with Crippen molar-refractivity contribution in [3.63, 3.8) is 0 Å². The fourth-order valence-corrected chi connectivity index (χ4v) is 3.43. The summed E-state index contributed by atoms with van der Waals surface area (Å²) in [7, 11) is 0. The summed E-state index contributed by atoms with van der Waals surface area (Å²) in [6.07, 6.45) is 5.69. The van der Waals surface area contributed by atoms with Crippen LogP contribution in [-0.2, 0) is 6.42 Å². The molecule has 2 aromatic carbocycles. The van der Waals surface area contributed by atoms with Crippen LogP contribution in [0.1, 0.15) is 12.0 Å². The van der Waals surface area contributed by atoms with E-state index in [1.807, 2.05) is 42.5 Å². The summed E-state index contributed by atoms with van der Waals surface area (Å²) in [6, 6.07) is 26.5. The normalized spacial score (nSPS) is 10.7. The van der Waals surface area contributed by atoms with Gasteiger partial charge in [-0.1, -0.05) is 54.1 Å². The first-order chi connectivity index (χ1) is 14.3. The largest absolute Gasteiger partial charge is 0.370 e. The van der Waals surface area contributed by atoms with Crippen LogP contribution in [0.4, 0.5) is 5.82 Å². The van der Waals surface area contributed by atoms with Gasteiger partial charge in [-0.2, -0.15) is 0 Å². The van der Waals surface area contributed by atoms with Crippen molar-refractivity contribution in [3.05, 3.63) is 102 Å². The second kappa shape index (κ2) is 9.35. The van der Waals surface area contributed by atoms with Crippen LogP contribution in [0.5, 0.6) is 0 Å². The minimum Gasteiger partial charge on any atom is -0.370 e. The second-order valence-corrected chi connectivity index (χ2v) is 7.29. The van der Waals surface area contributed by atoms with Gasteiger partial charge < -0.3 is 5.32 Å². The molecule has 3 nitrogen and oxygen atoms in total. The maximum Gasteiger partial charge on any atom is 0.126 e. The maximum atomic E-state index is 6.06. The highest BCUT2D eigenvalue weighted by molar-refractivity contribution is 6.30. The molecule has 29 heavy (non-hydrogen) atoms. The van der Waals surface area contributed by atoms with Crippen LogP contribution in [0.2, 0.25) is 5.02 Å². The number of nitrogens with one attached hydrogen (secondary N) is 1. The fraction of sp³-hybridized carbons (Fsp3) is 0.120. The molecule has 0 atom stereocenters. The average Bonchev–Trinajstić information content (AvgIpc) is 2.79. The lowest BCUT2D eigenvalue weighted by Gasteiger charge is -2.13. The molecule has 4 aromatic rings. The molecule has 0 spiro atoms. The lowest BCUT2D eigenvalue weighted by atomic mass is 10.00. The van der Waals surface area contributed by atoms with E-state index in [4.69, 9.17) is 16.6 Å². The van der Waals surface area contributed by atoms with Gasteiger partial charge in [-0.15, -0.1) is 0 Å². The zero-order valence-electron chi connectivity index (χ0n) is 16.1. The van der Waals surface area contributed by atoms with E-state index in [-0.39, 0.29) is 0 Å². The average molecular weight is 400 g/mol. The van der Waals surface area contributed by atoms with E-state index in [1.54, 1.807) is 12.4 Å². The number of anilines is 1. The van der Waals surface area contributed by atoms with Gasteiger partial charge in [-0.05, 0) is 60.4 Å². The number of rotatable bonds is 7. The smallest absolute Gasteiger partial charge is 0.126 e. The van der Waals surface area contributed by atoms with Crippen molar-refractivity contribution in [2.45, 2.75) is 12.8 Å². The Hall–Kier alpha value is -3.17. The molecule has 0 aliphatic heterocycles. The highest BCUT2D eigenvalue weighted by atomic mass is 35.5. The van der Waals surface area contributed by atoms with Crippen LogP contribution in [0.15, 0.2) is 91.3 Å². The molecule has 0 radical (unpaired) electrons. The number of aromatic nitrogens is 2. The molecule has 0 saturated heterocycles. The molecule has 0 unspecified atom stereocenters. The summed E-state index contributed by atoms with van der Waals surface area (Å²) in [5.41, 5.74) is 5.49. The van der Waals surface area contributed by atoms with Gasteiger partial charge >= 0.3 is 0 Å². The Kier molecular flexibility index (Phi) is 6.18. The summed E-state index contributed by atoms with van der Waals surface area (Å²) >= 11 is 6.06. The molecular formula is C25H22ClN3. The first kappa shape index (κ1) is 19.2. The molecule has 4 rings (SSSR count). The molecule has 0 fully saturated rings. The molecule has 2 aromatic heterocycles. The Bertz CT molecular complexity index is 1050. The van der Waals surface area contributed by atoms with E-state index in [2.05, 4.69) is 46.7 Å². The van der Waals surface area contributed by atoms with Crippen molar-refractivity contribution in [2.75, 3.05) is 11.9 Å². The predicted octanol–water partition coefficient (Wildman–Crippen LogP) is 6.51. The molecule has 2 heterocycles. The SMILES string of the molecule is Clc1ccc(-c2ccc(NCCCc3ccccc3)nc2-c2ccncc2)cc1. The van der Waals surface area contributed by atoms with Gasteiger partial charge in [0.25, 0.3) is 0 Å². The van der Waals surface area contributed by atoms with Crippen LogP contribution in [0.3, 0.4) is 0 Å². The molecule has 0 bridgehead atoms. The van der Waals surface area contributed by atoms with Gasteiger partial charge in [0.1, 0.15) is 5.82 Å². The Morgan fingerprint density at radius 3 is 2.28 bits per heavy atom. The second-order valence-electron chi connectivity index (χ2n) is 6.85. The van der Waals surface area contributed by atoms with Crippen molar-refractivity contribution in [1.82, 2.24) is 9.97 Å². The monoisotopic (exact) mass is 399 g/mol. The van der Waals surface area contributed by atoms with Gasteiger partial charge in [0.05, 0.1) is 5.69 Å². The summed E-state index contributed by atoms with van der Waals surface area (Å²) < 4.78 is 0. The Morgan fingerprint density at radius 2 is 1.52 bits per heavy atom. The van der Waals surface area contributed by atoms with Crippen LogP contribution in [0.25, 0.3) is 22.4 Å². The van der Waals surface area contributed by atoms with E-state index in [0.29, 0.717) is 0 Å². The van der Waals surface area contributed by atoms with Crippen LogP contribution in [-0.4, -0.2) is 16.5 Å². The molecule has 4 heteroatoms. The number of halogens is 1. The van der Waals surface area contributed by atoms with Crippen LogP contribution < -0.4 is 5.32 Å². The van der Waals surface area contributed by atoms with Gasteiger partial charge in [-0.25, -0.2) is 4.98 Å². The van der Waals surface area contributed by atoms with Gasteiger partial charge in [0.15, 0.2) is 0 Å². The zero-order valence-corrected chi connectivity index (χ0v) is 16.8. The summed E-state index contributed by atoms with van der Waals surface area (Å²) in [4.78, 5) is 9.05. The third-order valence-electron chi connectivity index (χ3n) is 4.80. The number of hydrogen-bond donors (Lipinski definition) is 1.